The van der Waals surface area contributed by atoms with Crippen LogP contribution in [0.2, 0.25) is 0 Å². The van der Waals surface area contributed by atoms with E-state index in [0.717, 1.165) is 25.8 Å². The van der Waals surface area contributed by atoms with E-state index in [4.69, 9.17) is 4.74 Å². The second-order valence-corrected chi connectivity index (χ2v) is 5.61. The van der Waals surface area contributed by atoms with Gasteiger partial charge in [-0.15, -0.1) is 0 Å². The summed E-state index contributed by atoms with van der Waals surface area (Å²) < 4.78 is 6.51. The number of carbonyl (C=O) groups is 1. The smallest absolute Gasteiger partial charge is 0.250 e. The summed E-state index contributed by atoms with van der Waals surface area (Å²) in [5.74, 6) is -0.0564. The summed E-state index contributed by atoms with van der Waals surface area (Å²) in [6, 6.07) is 3.09. The number of carbonyl (C=O) groups excluding carboxylic acids is 1. The highest BCUT2D eigenvalue weighted by Crippen LogP contribution is 2.20. The number of ether oxygens (including phenoxy) is 1. The minimum atomic E-state index is -0.536. The maximum Gasteiger partial charge on any atom is 0.250 e. The predicted molar refractivity (Wildman–Crippen MR) is 81.5 cm³/mol. The quantitative estimate of drug-likeness (QED) is 0.848. The molecule has 1 unspecified atom stereocenters. The Hall–Kier alpha value is -1.66. The number of amides is 1. The molecule has 6 heteroatoms. The van der Waals surface area contributed by atoms with E-state index in [-0.39, 0.29) is 11.5 Å². The van der Waals surface area contributed by atoms with E-state index in [0.29, 0.717) is 18.8 Å². The highest BCUT2D eigenvalue weighted by molar-refractivity contribution is 5.97. The number of nitrogens with zero attached hydrogens (tertiary/aromatic N) is 1. The standard InChI is InChI=1S/C15H23N3O3/c1-15(7-3-4-8-16-15)14(20)17-12-5-6-13(19)18(11-12)9-10-21-2/h5-6,11,16H,3-4,7-10H2,1-2H3,(H,17,20). The van der Waals surface area contributed by atoms with Gasteiger partial charge in [-0.05, 0) is 38.8 Å². The van der Waals surface area contributed by atoms with Gasteiger partial charge in [0.2, 0.25) is 5.91 Å². The van der Waals surface area contributed by atoms with Crippen molar-refractivity contribution in [1.82, 2.24) is 9.88 Å². The molecule has 1 aromatic heterocycles. The Kier molecular flexibility index (Phi) is 5.14. The van der Waals surface area contributed by atoms with Crippen molar-refractivity contribution in [2.45, 2.75) is 38.3 Å². The van der Waals surface area contributed by atoms with Crippen molar-refractivity contribution in [3.05, 3.63) is 28.7 Å². The van der Waals surface area contributed by atoms with Gasteiger partial charge in [0.15, 0.2) is 0 Å². The molecule has 2 rings (SSSR count). The summed E-state index contributed by atoms with van der Waals surface area (Å²) in [6.45, 7) is 3.70. The zero-order valence-corrected chi connectivity index (χ0v) is 12.6. The third-order valence-corrected chi connectivity index (χ3v) is 3.90. The Morgan fingerprint density at radius 3 is 2.95 bits per heavy atom. The molecule has 1 amide bonds. The molecule has 0 bridgehead atoms. The summed E-state index contributed by atoms with van der Waals surface area (Å²) in [6.07, 6.45) is 4.63. The molecule has 1 aliphatic heterocycles. The third-order valence-electron chi connectivity index (χ3n) is 3.90. The second-order valence-electron chi connectivity index (χ2n) is 5.61. The number of rotatable bonds is 5. The number of piperidine rings is 1. The highest BCUT2D eigenvalue weighted by atomic mass is 16.5. The molecule has 0 aromatic carbocycles. The maximum atomic E-state index is 12.4. The van der Waals surface area contributed by atoms with Crippen molar-refractivity contribution in [3.63, 3.8) is 0 Å². The van der Waals surface area contributed by atoms with Crippen LogP contribution in [0.15, 0.2) is 23.1 Å². The van der Waals surface area contributed by atoms with Gasteiger partial charge in [-0.1, -0.05) is 0 Å². The van der Waals surface area contributed by atoms with Crippen LogP contribution >= 0.6 is 0 Å². The minimum absolute atomic E-state index is 0.0564. The lowest BCUT2D eigenvalue weighted by Crippen LogP contribution is -2.54. The van der Waals surface area contributed by atoms with Crippen LogP contribution in [0.3, 0.4) is 0 Å². The van der Waals surface area contributed by atoms with Gasteiger partial charge in [-0.2, -0.15) is 0 Å². The predicted octanol–water partition coefficient (Wildman–Crippen LogP) is 0.965. The molecule has 1 aliphatic rings. The molecule has 0 radical (unpaired) electrons. The van der Waals surface area contributed by atoms with E-state index < -0.39 is 5.54 Å². The van der Waals surface area contributed by atoms with Gasteiger partial charge >= 0.3 is 0 Å². The highest BCUT2D eigenvalue weighted by Gasteiger charge is 2.34. The van der Waals surface area contributed by atoms with Crippen LogP contribution in [-0.4, -0.2) is 36.3 Å². The van der Waals surface area contributed by atoms with Crippen molar-refractivity contribution in [3.8, 4) is 0 Å². The van der Waals surface area contributed by atoms with E-state index in [9.17, 15) is 9.59 Å². The molecule has 116 valence electrons. The number of methoxy groups -OCH3 is 1. The SMILES string of the molecule is COCCn1cc(NC(=O)C2(C)CCCCN2)ccc1=O. The van der Waals surface area contributed by atoms with Crippen molar-refractivity contribution in [2.75, 3.05) is 25.6 Å². The van der Waals surface area contributed by atoms with Crippen LogP contribution in [-0.2, 0) is 16.1 Å². The summed E-state index contributed by atoms with van der Waals surface area (Å²) in [5, 5.41) is 6.17. The monoisotopic (exact) mass is 293 g/mol. The van der Waals surface area contributed by atoms with E-state index in [1.165, 1.54) is 10.6 Å². The Labute approximate surface area is 124 Å². The number of hydrogen-bond donors (Lipinski definition) is 2. The van der Waals surface area contributed by atoms with Crippen LogP contribution in [0.1, 0.15) is 26.2 Å². The fourth-order valence-corrected chi connectivity index (χ4v) is 2.49. The zero-order chi connectivity index (χ0) is 15.3. The van der Waals surface area contributed by atoms with Gasteiger partial charge in [-0.25, -0.2) is 0 Å². The van der Waals surface area contributed by atoms with Crippen LogP contribution in [0.5, 0.6) is 0 Å². The van der Waals surface area contributed by atoms with Crippen molar-refractivity contribution in [1.29, 1.82) is 0 Å². The topological polar surface area (TPSA) is 72.4 Å². The molecular formula is C15H23N3O3. The first-order valence-electron chi connectivity index (χ1n) is 7.31. The van der Waals surface area contributed by atoms with Gasteiger partial charge in [0, 0.05) is 25.9 Å². The van der Waals surface area contributed by atoms with Crippen molar-refractivity contribution >= 4 is 11.6 Å². The van der Waals surface area contributed by atoms with Gasteiger partial charge in [0.25, 0.3) is 5.56 Å². The Balaban J connectivity index is 2.08. The first kappa shape index (κ1) is 15.7. The summed E-state index contributed by atoms with van der Waals surface area (Å²) in [5.41, 5.74) is -0.0116. The molecule has 2 N–H and O–H groups in total. The molecule has 1 atom stereocenters. The number of anilines is 1. The molecule has 1 aromatic rings. The number of hydrogen-bond acceptors (Lipinski definition) is 4. The number of aromatic nitrogens is 1. The third kappa shape index (κ3) is 3.92. The first-order valence-corrected chi connectivity index (χ1v) is 7.31. The molecule has 6 nitrogen and oxygen atoms in total. The lowest BCUT2D eigenvalue weighted by atomic mass is 9.90. The Bertz CT molecular complexity index is 547. The van der Waals surface area contributed by atoms with Crippen LogP contribution in [0, 0.1) is 0 Å². The average Bonchev–Trinajstić information content (AvgIpc) is 2.48. The molecule has 0 aliphatic carbocycles. The van der Waals surface area contributed by atoms with Gasteiger partial charge < -0.3 is 19.9 Å². The molecular weight excluding hydrogens is 270 g/mol. The Morgan fingerprint density at radius 1 is 1.48 bits per heavy atom. The van der Waals surface area contributed by atoms with Gasteiger partial charge in [0.05, 0.1) is 17.8 Å². The first-order chi connectivity index (χ1) is 10.0. The fraction of sp³-hybridized carbons (Fsp3) is 0.600. The van der Waals surface area contributed by atoms with Gasteiger partial charge in [0.1, 0.15) is 0 Å². The minimum Gasteiger partial charge on any atom is -0.383 e. The fourth-order valence-electron chi connectivity index (χ4n) is 2.49. The average molecular weight is 293 g/mol. The van der Waals surface area contributed by atoms with E-state index >= 15 is 0 Å². The van der Waals surface area contributed by atoms with E-state index in [2.05, 4.69) is 10.6 Å². The molecule has 1 fully saturated rings. The number of pyridine rings is 1. The molecule has 21 heavy (non-hydrogen) atoms. The van der Waals surface area contributed by atoms with Gasteiger partial charge in [-0.3, -0.25) is 9.59 Å². The summed E-state index contributed by atoms with van der Waals surface area (Å²) in [7, 11) is 1.59. The lowest BCUT2D eigenvalue weighted by molar-refractivity contribution is -0.122. The molecule has 0 spiro atoms. The Morgan fingerprint density at radius 2 is 2.29 bits per heavy atom. The van der Waals surface area contributed by atoms with Crippen molar-refractivity contribution < 1.29 is 9.53 Å². The largest absolute Gasteiger partial charge is 0.383 e. The second kappa shape index (κ2) is 6.87. The van der Waals surface area contributed by atoms with Crippen LogP contribution in [0.4, 0.5) is 5.69 Å². The normalized spacial score (nSPS) is 22.0. The molecule has 2 heterocycles. The zero-order valence-electron chi connectivity index (χ0n) is 12.6. The lowest BCUT2D eigenvalue weighted by Gasteiger charge is -2.33. The molecule has 1 saturated heterocycles. The van der Waals surface area contributed by atoms with E-state index in [1.54, 1.807) is 19.4 Å². The maximum absolute atomic E-state index is 12.4. The van der Waals surface area contributed by atoms with Crippen LogP contribution < -0.4 is 16.2 Å². The molecule has 0 saturated carbocycles. The number of nitrogens with one attached hydrogen (secondary N) is 2. The van der Waals surface area contributed by atoms with Crippen LogP contribution in [0.25, 0.3) is 0 Å². The van der Waals surface area contributed by atoms with Crippen molar-refractivity contribution in [2.24, 2.45) is 0 Å². The summed E-state index contributed by atoms with van der Waals surface area (Å²) >= 11 is 0. The van der Waals surface area contributed by atoms with E-state index in [1.807, 2.05) is 6.92 Å². The summed E-state index contributed by atoms with van der Waals surface area (Å²) in [4.78, 5) is 24.1.